The third kappa shape index (κ3) is 8.16. The van der Waals surface area contributed by atoms with Gasteiger partial charge in [-0.3, -0.25) is 4.79 Å². The molecular weight excluding hydrogens is 388 g/mol. The minimum Gasteiger partial charge on any atom is -0.494 e. The molecule has 0 bridgehead atoms. The van der Waals surface area contributed by atoms with E-state index in [1.807, 2.05) is 31.2 Å². The largest absolute Gasteiger partial charge is 0.494 e. The summed E-state index contributed by atoms with van der Waals surface area (Å²) in [7, 11) is 0. The number of hydrazone groups is 1. The number of nitrogens with one attached hydrogen (secondary N) is 1. The third-order valence-electron chi connectivity index (χ3n) is 4.35. The number of nitrogens with zero attached hydrogens (tertiary/aromatic N) is 1. The van der Waals surface area contributed by atoms with E-state index in [2.05, 4.69) is 17.5 Å². The molecule has 156 valence electrons. The molecule has 0 fully saturated rings. The van der Waals surface area contributed by atoms with Gasteiger partial charge in [-0.1, -0.05) is 37.8 Å². The van der Waals surface area contributed by atoms with Gasteiger partial charge in [-0.2, -0.15) is 5.10 Å². The van der Waals surface area contributed by atoms with Crippen molar-refractivity contribution in [2.45, 2.75) is 52.6 Å². The van der Waals surface area contributed by atoms with Crippen LogP contribution in [0.3, 0.4) is 0 Å². The summed E-state index contributed by atoms with van der Waals surface area (Å²) in [5, 5.41) is 4.63. The van der Waals surface area contributed by atoms with Crippen LogP contribution in [0.1, 0.15) is 50.7 Å². The number of hydrogen-bond donors (Lipinski definition) is 1. The predicted octanol–water partition coefficient (Wildman–Crippen LogP) is 5.53. The van der Waals surface area contributed by atoms with Crippen molar-refractivity contribution in [3.8, 4) is 11.5 Å². The molecule has 0 aliphatic carbocycles. The fourth-order valence-corrected chi connectivity index (χ4v) is 2.85. The Morgan fingerprint density at radius 2 is 1.93 bits per heavy atom. The van der Waals surface area contributed by atoms with Crippen LogP contribution >= 0.6 is 11.6 Å². The Hall–Kier alpha value is -2.53. The summed E-state index contributed by atoms with van der Waals surface area (Å²) in [5.74, 6) is 1.12. The van der Waals surface area contributed by atoms with Gasteiger partial charge in [-0.25, -0.2) is 5.43 Å². The SMILES string of the molecule is CCCCCCOc1ccc(/C=N/NC(=O)C(C)Oc2ccc(Cl)cc2C)cc1. The fraction of sp³-hybridized carbons (Fsp3) is 0.391. The summed E-state index contributed by atoms with van der Waals surface area (Å²) in [5.41, 5.74) is 4.23. The zero-order valence-corrected chi connectivity index (χ0v) is 18.0. The van der Waals surface area contributed by atoms with E-state index in [9.17, 15) is 4.79 Å². The number of carbonyl (C=O) groups excluding carboxylic acids is 1. The lowest BCUT2D eigenvalue weighted by Gasteiger charge is -2.14. The van der Waals surface area contributed by atoms with Crippen molar-refractivity contribution >= 4 is 23.7 Å². The molecule has 1 unspecified atom stereocenters. The number of halogens is 1. The average Bonchev–Trinajstić information content (AvgIpc) is 2.71. The summed E-state index contributed by atoms with van der Waals surface area (Å²) in [6.45, 7) is 6.47. The van der Waals surface area contributed by atoms with Gasteiger partial charge < -0.3 is 9.47 Å². The maximum atomic E-state index is 12.2. The van der Waals surface area contributed by atoms with Crippen LogP contribution in [0, 0.1) is 6.92 Å². The van der Waals surface area contributed by atoms with Crippen molar-refractivity contribution < 1.29 is 14.3 Å². The maximum absolute atomic E-state index is 12.2. The molecule has 0 spiro atoms. The lowest BCUT2D eigenvalue weighted by Crippen LogP contribution is -2.33. The van der Waals surface area contributed by atoms with Crippen LogP contribution in [-0.4, -0.2) is 24.8 Å². The molecule has 0 aliphatic heterocycles. The Bertz CT molecular complexity index is 806. The first-order valence-electron chi connectivity index (χ1n) is 9.98. The van der Waals surface area contributed by atoms with Gasteiger partial charge in [0, 0.05) is 5.02 Å². The summed E-state index contributed by atoms with van der Waals surface area (Å²) in [6, 6.07) is 12.9. The summed E-state index contributed by atoms with van der Waals surface area (Å²) in [6.07, 6.45) is 5.63. The molecule has 5 nitrogen and oxygen atoms in total. The predicted molar refractivity (Wildman–Crippen MR) is 118 cm³/mol. The second kappa shape index (κ2) is 12.1. The molecule has 2 rings (SSSR count). The van der Waals surface area contributed by atoms with E-state index < -0.39 is 6.10 Å². The minimum atomic E-state index is -0.685. The first kappa shape index (κ1) is 22.8. The van der Waals surface area contributed by atoms with Gasteiger partial charge in [-0.05, 0) is 73.9 Å². The first-order valence-corrected chi connectivity index (χ1v) is 10.4. The van der Waals surface area contributed by atoms with Crippen LogP contribution in [0.2, 0.25) is 5.02 Å². The van der Waals surface area contributed by atoms with Crippen LogP contribution in [0.4, 0.5) is 0 Å². The summed E-state index contributed by atoms with van der Waals surface area (Å²) < 4.78 is 11.4. The molecule has 0 saturated carbocycles. The molecule has 2 aromatic rings. The molecule has 29 heavy (non-hydrogen) atoms. The summed E-state index contributed by atoms with van der Waals surface area (Å²) in [4.78, 5) is 12.2. The van der Waals surface area contributed by atoms with Crippen LogP contribution in [0.25, 0.3) is 0 Å². The Kier molecular flexibility index (Phi) is 9.51. The van der Waals surface area contributed by atoms with E-state index in [0.717, 1.165) is 29.9 Å². The van der Waals surface area contributed by atoms with E-state index in [1.54, 1.807) is 31.3 Å². The van der Waals surface area contributed by atoms with E-state index in [0.29, 0.717) is 10.8 Å². The molecule has 1 amide bonds. The van der Waals surface area contributed by atoms with Gasteiger partial charge in [0.1, 0.15) is 11.5 Å². The minimum absolute atomic E-state index is 0.331. The van der Waals surface area contributed by atoms with Gasteiger partial charge >= 0.3 is 0 Å². The second-order valence-electron chi connectivity index (χ2n) is 6.88. The topological polar surface area (TPSA) is 59.9 Å². The van der Waals surface area contributed by atoms with Crippen molar-refractivity contribution in [1.29, 1.82) is 0 Å². The second-order valence-corrected chi connectivity index (χ2v) is 7.32. The number of ether oxygens (including phenoxy) is 2. The lowest BCUT2D eigenvalue weighted by atomic mass is 10.2. The Morgan fingerprint density at radius 3 is 2.62 bits per heavy atom. The number of aryl methyl sites for hydroxylation is 1. The smallest absolute Gasteiger partial charge is 0.280 e. The molecule has 1 N–H and O–H groups in total. The van der Waals surface area contributed by atoms with E-state index in [1.165, 1.54) is 19.3 Å². The van der Waals surface area contributed by atoms with Gasteiger partial charge in [0.05, 0.1) is 12.8 Å². The fourth-order valence-electron chi connectivity index (χ4n) is 2.62. The Morgan fingerprint density at radius 1 is 1.17 bits per heavy atom. The lowest BCUT2D eigenvalue weighted by molar-refractivity contribution is -0.127. The van der Waals surface area contributed by atoms with Crippen LogP contribution in [0.15, 0.2) is 47.6 Å². The number of carbonyl (C=O) groups is 1. The monoisotopic (exact) mass is 416 g/mol. The van der Waals surface area contributed by atoms with E-state index in [4.69, 9.17) is 21.1 Å². The van der Waals surface area contributed by atoms with Gasteiger partial charge in [0.15, 0.2) is 6.10 Å². The Labute approximate surface area is 178 Å². The number of hydrogen-bond acceptors (Lipinski definition) is 4. The average molecular weight is 417 g/mol. The van der Waals surface area contributed by atoms with Crippen LogP contribution < -0.4 is 14.9 Å². The highest BCUT2D eigenvalue weighted by molar-refractivity contribution is 6.30. The van der Waals surface area contributed by atoms with E-state index in [-0.39, 0.29) is 5.91 Å². The van der Waals surface area contributed by atoms with Crippen molar-refractivity contribution in [1.82, 2.24) is 5.43 Å². The number of unbranched alkanes of at least 4 members (excludes halogenated alkanes) is 3. The van der Waals surface area contributed by atoms with Crippen molar-refractivity contribution in [2.75, 3.05) is 6.61 Å². The van der Waals surface area contributed by atoms with Crippen LogP contribution in [0.5, 0.6) is 11.5 Å². The standard InChI is InChI=1S/C23H29ClN2O3/c1-4-5-6-7-14-28-21-11-8-19(9-12-21)16-25-26-23(27)18(3)29-22-13-10-20(24)15-17(22)2/h8-13,15-16,18H,4-7,14H2,1-3H3,(H,26,27)/b25-16+. The van der Waals surface area contributed by atoms with Crippen molar-refractivity contribution in [2.24, 2.45) is 5.10 Å². The Balaban J connectivity index is 1.77. The van der Waals surface area contributed by atoms with Gasteiger partial charge in [0.25, 0.3) is 5.91 Å². The zero-order valence-electron chi connectivity index (χ0n) is 17.3. The normalized spacial score (nSPS) is 12.0. The van der Waals surface area contributed by atoms with Gasteiger partial charge in [0.2, 0.25) is 0 Å². The highest BCUT2D eigenvalue weighted by atomic mass is 35.5. The molecule has 6 heteroatoms. The number of amides is 1. The van der Waals surface area contributed by atoms with Crippen molar-refractivity contribution in [3.05, 3.63) is 58.6 Å². The maximum Gasteiger partial charge on any atom is 0.280 e. The third-order valence-corrected chi connectivity index (χ3v) is 4.58. The van der Waals surface area contributed by atoms with Crippen LogP contribution in [-0.2, 0) is 4.79 Å². The molecule has 2 aromatic carbocycles. The number of benzene rings is 2. The number of rotatable bonds is 11. The highest BCUT2D eigenvalue weighted by Gasteiger charge is 2.15. The molecular formula is C23H29ClN2O3. The quantitative estimate of drug-likeness (QED) is 0.298. The molecule has 0 aliphatic rings. The molecule has 0 saturated heterocycles. The molecule has 0 heterocycles. The van der Waals surface area contributed by atoms with E-state index >= 15 is 0 Å². The molecule has 0 aromatic heterocycles. The van der Waals surface area contributed by atoms with Gasteiger partial charge in [-0.15, -0.1) is 0 Å². The van der Waals surface area contributed by atoms with Crippen molar-refractivity contribution in [3.63, 3.8) is 0 Å². The summed E-state index contributed by atoms with van der Waals surface area (Å²) >= 11 is 5.93. The first-order chi connectivity index (χ1) is 14.0. The molecule has 1 atom stereocenters. The zero-order chi connectivity index (χ0) is 21.1. The molecule has 0 radical (unpaired) electrons. The highest BCUT2D eigenvalue weighted by Crippen LogP contribution is 2.22.